The molecule has 0 rings (SSSR count). The first-order valence-corrected chi connectivity index (χ1v) is 12.6. The van der Waals surface area contributed by atoms with Gasteiger partial charge in [-0.15, -0.1) is 0 Å². The zero-order valence-corrected chi connectivity index (χ0v) is 19.8. The van der Waals surface area contributed by atoms with Gasteiger partial charge >= 0.3 is 0 Å². The number of carbonyl (C=O) groups excluding carboxylic acids is 1. The van der Waals surface area contributed by atoms with Gasteiger partial charge in [-0.25, -0.2) is 0 Å². The smallest absolute Gasteiger partial charge is 0.220 e. The Labute approximate surface area is 181 Å². The zero-order valence-electron chi connectivity index (χ0n) is 19.8. The SMILES string of the molecule is CCCCCCCCCCCCCCCCCCCC(=O)NCCOCCOC. The molecule has 0 atom stereocenters. The Morgan fingerprint density at radius 2 is 1.07 bits per heavy atom. The number of nitrogens with one attached hydrogen (secondary N) is 1. The standard InChI is InChI=1S/C25H51NO3/c1-3-4-5-6-7-8-9-10-11-12-13-14-15-16-17-18-19-20-25(27)26-21-22-29-24-23-28-2/h3-24H2,1-2H3,(H,26,27). The molecule has 0 aliphatic heterocycles. The van der Waals surface area contributed by atoms with Gasteiger partial charge in [-0.2, -0.15) is 0 Å². The van der Waals surface area contributed by atoms with Crippen LogP contribution in [0.1, 0.15) is 122 Å². The molecule has 0 aliphatic rings. The van der Waals surface area contributed by atoms with Crippen LogP contribution in [0.2, 0.25) is 0 Å². The third-order valence-electron chi connectivity index (χ3n) is 5.51. The number of rotatable bonds is 24. The van der Waals surface area contributed by atoms with Crippen LogP contribution in [0.4, 0.5) is 0 Å². The molecule has 1 amide bonds. The number of unbranched alkanes of at least 4 members (excludes halogenated alkanes) is 16. The van der Waals surface area contributed by atoms with Gasteiger partial charge in [-0.3, -0.25) is 4.79 Å². The second kappa shape index (κ2) is 25.4. The molecule has 0 spiro atoms. The van der Waals surface area contributed by atoms with E-state index in [0.29, 0.717) is 32.8 Å². The van der Waals surface area contributed by atoms with Crippen molar-refractivity contribution in [1.29, 1.82) is 0 Å². The Balaban J connectivity index is 3.10. The van der Waals surface area contributed by atoms with Crippen molar-refractivity contribution in [2.75, 3.05) is 33.5 Å². The van der Waals surface area contributed by atoms with Crippen LogP contribution in [0.25, 0.3) is 0 Å². The lowest BCUT2D eigenvalue weighted by Crippen LogP contribution is -2.27. The van der Waals surface area contributed by atoms with E-state index in [1.54, 1.807) is 7.11 Å². The Kier molecular flexibility index (Phi) is 24.9. The van der Waals surface area contributed by atoms with Crippen molar-refractivity contribution >= 4 is 5.91 Å². The maximum absolute atomic E-state index is 11.7. The van der Waals surface area contributed by atoms with Gasteiger partial charge in [0.2, 0.25) is 5.91 Å². The Hall–Kier alpha value is -0.610. The zero-order chi connectivity index (χ0) is 21.3. The molecule has 0 aromatic carbocycles. The van der Waals surface area contributed by atoms with Crippen LogP contribution >= 0.6 is 0 Å². The number of ether oxygens (including phenoxy) is 2. The number of hydrogen-bond acceptors (Lipinski definition) is 3. The summed E-state index contributed by atoms with van der Waals surface area (Å²) in [7, 11) is 1.66. The molecule has 0 aromatic rings. The summed E-state index contributed by atoms with van der Waals surface area (Å²) in [5.41, 5.74) is 0. The van der Waals surface area contributed by atoms with Crippen LogP contribution in [0.3, 0.4) is 0 Å². The van der Waals surface area contributed by atoms with Gasteiger partial charge in [0, 0.05) is 20.1 Å². The van der Waals surface area contributed by atoms with E-state index in [-0.39, 0.29) is 5.91 Å². The second-order valence-corrected chi connectivity index (χ2v) is 8.36. The van der Waals surface area contributed by atoms with Crippen LogP contribution in [-0.2, 0) is 14.3 Å². The highest BCUT2D eigenvalue weighted by Crippen LogP contribution is 2.14. The summed E-state index contributed by atoms with van der Waals surface area (Å²) >= 11 is 0. The van der Waals surface area contributed by atoms with E-state index < -0.39 is 0 Å². The molecule has 0 aromatic heterocycles. The molecule has 0 unspecified atom stereocenters. The molecule has 0 fully saturated rings. The van der Waals surface area contributed by atoms with E-state index >= 15 is 0 Å². The highest BCUT2D eigenvalue weighted by molar-refractivity contribution is 5.75. The summed E-state index contributed by atoms with van der Waals surface area (Å²) in [6.07, 6.45) is 23.9. The highest BCUT2D eigenvalue weighted by atomic mass is 16.5. The van der Waals surface area contributed by atoms with E-state index in [9.17, 15) is 4.79 Å². The number of hydrogen-bond donors (Lipinski definition) is 1. The quantitative estimate of drug-likeness (QED) is 0.177. The molecule has 0 saturated heterocycles. The third-order valence-corrected chi connectivity index (χ3v) is 5.51. The van der Waals surface area contributed by atoms with E-state index in [1.807, 2.05) is 0 Å². The third kappa shape index (κ3) is 25.4. The lowest BCUT2D eigenvalue weighted by molar-refractivity contribution is -0.121. The number of carbonyl (C=O) groups is 1. The fourth-order valence-corrected chi connectivity index (χ4v) is 3.61. The maximum Gasteiger partial charge on any atom is 0.220 e. The van der Waals surface area contributed by atoms with Gasteiger partial charge < -0.3 is 14.8 Å². The normalized spacial score (nSPS) is 11.1. The number of amides is 1. The van der Waals surface area contributed by atoms with E-state index in [4.69, 9.17) is 9.47 Å². The lowest BCUT2D eigenvalue weighted by Gasteiger charge is -2.06. The van der Waals surface area contributed by atoms with Crippen molar-refractivity contribution in [2.45, 2.75) is 122 Å². The van der Waals surface area contributed by atoms with Crippen molar-refractivity contribution in [1.82, 2.24) is 5.32 Å². The summed E-state index contributed by atoms with van der Waals surface area (Å²) in [6.45, 7) is 4.64. The monoisotopic (exact) mass is 413 g/mol. The van der Waals surface area contributed by atoms with Crippen LogP contribution in [0.15, 0.2) is 0 Å². The molecule has 174 valence electrons. The molecule has 29 heavy (non-hydrogen) atoms. The predicted molar refractivity (Wildman–Crippen MR) is 124 cm³/mol. The Morgan fingerprint density at radius 1 is 0.621 bits per heavy atom. The van der Waals surface area contributed by atoms with Gasteiger partial charge in [0.1, 0.15) is 0 Å². The maximum atomic E-state index is 11.7. The van der Waals surface area contributed by atoms with Crippen molar-refractivity contribution < 1.29 is 14.3 Å². The van der Waals surface area contributed by atoms with Gasteiger partial charge in [-0.05, 0) is 6.42 Å². The second-order valence-electron chi connectivity index (χ2n) is 8.36. The predicted octanol–water partition coefficient (Wildman–Crippen LogP) is 6.81. The first-order valence-electron chi connectivity index (χ1n) is 12.6. The fourth-order valence-electron chi connectivity index (χ4n) is 3.61. The summed E-state index contributed by atoms with van der Waals surface area (Å²) < 4.78 is 10.2. The first-order chi connectivity index (χ1) is 14.3. The Bertz CT molecular complexity index is 323. The van der Waals surface area contributed by atoms with E-state index in [0.717, 1.165) is 6.42 Å². The molecule has 4 nitrogen and oxygen atoms in total. The average molecular weight is 414 g/mol. The van der Waals surface area contributed by atoms with Crippen LogP contribution in [0, 0.1) is 0 Å². The fraction of sp³-hybridized carbons (Fsp3) is 0.960. The molecule has 0 heterocycles. The summed E-state index contributed by atoms with van der Waals surface area (Å²) in [6, 6.07) is 0. The largest absolute Gasteiger partial charge is 0.382 e. The van der Waals surface area contributed by atoms with Gasteiger partial charge in [0.25, 0.3) is 0 Å². The number of methoxy groups -OCH3 is 1. The molecule has 1 N–H and O–H groups in total. The molecule has 0 saturated carbocycles. The minimum atomic E-state index is 0.154. The van der Waals surface area contributed by atoms with Gasteiger partial charge in [0.05, 0.1) is 19.8 Å². The van der Waals surface area contributed by atoms with Crippen molar-refractivity contribution in [3.05, 3.63) is 0 Å². The molecular weight excluding hydrogens is 362 g/mol. The molecule has 4 heteroatoms. The average Bonchev–Trinajstić information content (AvgIpc) is 2.73. The van der Waals surface area contributed by atoms with E-state index in [2.05, 4.69) is 12.2 Å². The molecule has 0 radical (unpaired) electrons. The topological polar surface area (TPSA) is 47.6 Å². The summed E-state index contributed by atoms with van der Waals surface area (Å²) in [4.78, 5) is 11.7. The van der Waals surface area contributed by atoms with Crippen molar-refractivity contribution in [3.8, 4) is 0 Å². The van der Waals surface area contributed by atoms with E-state index in [1.165, 1.54) is 103 Å². The first kappa shape index (κ1) is 28.4. The molecule has 0 aliphatic carbocycles. The minimum absolute atomic E-state index is 0.154. The minimum Gasteiger partial charge on any atom is -0.382 e. The summed E-state index contributed by atoms with van der Waals surface area (Å²) in [5, 5.41) is 2.91. The summed E-state index contributed by atoms with van der Waals surface area (Å²) in [5.74, 6) is 0.154. The molecular formula is C25H51NO3. The van der Waals surface area contributed by atoms with Crippen LogP contribution < -0.4 is 5.32 Å². The van der Waals surface area contributed by atoms with Crippen molar-refractivity contribution in [3.63, 3.8) is 0 Å². The van der Waals surface area contributed by atoms with Crippen LogP contribution in [-0.4, -0.2) is 39.4 Å². The van der Waals surface area contributed by atoms with Gasteiger partial charge in [-0.1, -0.05) is 110 Å². The Morgan fingerprint density at radius 3 is 1.52 bits per heavy atom. The lowest BCUT2D eigenvalue weighted by atomic mass is 10.0. The van der Waals surface area contributed by atoms with Crippen LogP contribution in [0.5, 0.6) is 0 Å². The molecule has 0 bridgehead atoms. The van der Waals surface area contributed by atoms with Gasteiger partial charge in [0.15, 0.2) is 0 Å². The van der Waals surface area contributed by atoms with Crippen molar-refractivity contribution in [2.24, 2.45) is 0 Å². The highest BCUT2D eigenvalue weighted by Gasteiger charge is 2.00.